The van der Waals surface area contributed by atoms with Gasteiger partial charge in [-0.1, -0.05) is 77.7 Å². The average molecular weight is 601 g/mol. The summed E-state index contributed by atoms with van der Waals surface area (Å²) in [4.78, 5) is 11.7. The zero-order chi connectivity index (χ0) is 31.3. The molecule has 0 spiro atoms. The minimum Gasteiger partial charge on any atom is -0.352 e. The van der Waals surface area contributed by atoms with Crippen LogP contribution in [-0.2, 0) is 4.79 Å². The molecule has 41 heavy (non-hydrogen) atoms. The minimum atomic E-state index is -1.72. The fraction of sp³-hybridized carbons (Fsp3) is 0.909. The summed E-state index contributed by atoms with van der Waals surface area (Å²) in [5, 5.41) is 2.96. The summed E-state index contributed by atoms with van der Waals surface area (Å²) in [6, 6.07) is 0. The van der Waals surface area contributed by atoms with Crippen LogP contribution in [-0.4, -0.2) is 118 Å². The van der Waals surface area contributed by atoms with Crippen LogP contribution >= 0.6 is 7.87 Å². The van der Waals surface area contributed by atoms with Gasteiger partial charge in [-0.3, -0.25) is 4.79 Å². The Bertz CT molecular complexity index is 661. The van der Waals surface area contributed by atoms with Crippen LogP contribution in [0.25, 0.3) is 0 Å². The van der Waals surface area contributed by atoms with Gasteiger partial charge in [0.25, 0.3) is 0 Å². The fourth-order valence-electron chi connectivity index (χ4n) is 6.15. The predicted molar refractivity (Wildman–Crippen MR) is 184 cm³/mol. The van der Waals surface area contributed by atoms with Crippen LogP contribution in [0.5, 0.6) is 0 Å². The van der Waals surface area contributed by atoms with Crippen molar-refractivity contribution in [3.63, 3.8) is 0 Å². The van der Waals surface area contributed by atoms with Crippen molar-refractivity contribution in [3.05, 3.63) is 12.2 Å². The summed E-state index contributed by atoms with van der Waals surface area (Å²) >= 11 is 0. The van der Waals surface area contributed by atoms with Gasteiger partial charge in [-0.05, 0) is 32.6 Å². The van der Waals surface area contributed by atoms with Gasteiger partial charge in [-0.25, -0.2) is 0 Å². The van der Waals surface area contributed by atoms with Crippen LogP contribution in [0.1, 0.15) is 110 Å². The van der Waals surface area contributed by atoms with E-state index in [4.69, 9.17) is 0 Å². The molecule has 0 aliphatic rings. The van der Waals surface area contributed by atoms with Crippen molar-refractivity contribution >= 4 is 13.8 Å². The maximum Gasteiger partial charge on any atom is 0.307 e. The SMILES string of the molecule is C=C(C)C(=O)NCCC[N+](C)(C)CCCCCCN(CCCCCCCCCCCC)[P+](N(C)C)(N(C)C)N(C)C. The van der Waals surface area contributed by atoms with Crippen molar-refractivity contribution < 1.29 is 9.28 Å². The Hall–Kier alpha value is -0.560. The normalized spacial score (nSPS) is 12.7. The second-order valence-corrected chi connectivity index (χ2v) is 17.4. The molecule has 0 aliphatic heterocycles. The highest BCUT2D eigenvalue weighted by Crippen LogP contribution is 2.66. The van der Waals surface area contributed by atoms with Gasteiger partial charge in [0, 0.05) is 73.9 Å². The highest BCUT2D eigenvalue weighted by Gasteiger charge is 2.53. The summed E-state index contributed by atoms with van der Waals surface area (Å²) < 4.78 is 11.3. The summed E-state index contributed by atoms with van der Waals surface area (Å²) in [5.41, 5.74) is 0.585. The summed E-state index contributed by atoms with van der Waals surface area (Å²) in [6.45, 7) is 13.1. The van der Waals surface area contributed by atoms with Gasteiger partial charge < -0.3 is 9.80 Å². The van der Waals surface area contributed by atoms with Gasteiger partial charge >= 0.3 is 7.87 Å². The highest BCUT2D eigenvalue weighted by molar-refractivity contribution is 7.66. The highest BCUT2D eigenvalue weighted by atomic mass is 31.2. The molecule has 0 unspecified atom stereocenters. The standard InChI is InChI=1S/C33H72N6OP/c1-12-13-14-15-16-17-18-19-20-23-28-38(41(35(4)5,36(6)7)37(8)9)29-24-21-22-25-30-39(10,11)31-26-27-34-33(40)32(2)3/h2,12-31H2,1,3-11H3/q+1/p+1. The molecule has 0 aromatic heterocycles. The Balaban J connectivity index is 4.68. The van der Waals surface area contributed by atoms with Crippen LogP contribution in [0.3, 0.4) is 0 Å². The van der Waals surface area contributed by atoms with E-state index in [9.17, 15) is 4.79 Å². The number of unbranched alkanes of at least 4 members (excludes halogenated alkanes) is 12. The van der Waals surface area contributed by atoms with Crippen LogP contribution in [0, 0.1) is 0 Å². The molecule has 0 fully saturated rings. The number of nitrogens with one attached hydrogen (secondary N) is 1. The summed E-state index contributed by atoms with van der Waals surface area (Å²) in [6.07, 6.45) is 20.0. The summed E-state index contributed by atoms with van der Waals surface area (Å²) in [5.74, 6) is -0.0261. The van der Waals surface area contributed by atoms with E-state index in [0.29, 0.717) is 5.57 Å². The van der Waals surface area contributed by atoms with E-state index in [2.05, 4.69) is 93.9 Å². The number of nitrogens with zero attached hydrogens (tertiary/aromatic N) is 5. The number of hydrogen-bond acceptors (Lipinski definition) is 5. The number of carbonyl (C=O) groups excluding carboxylic acids is 1. The maximum atomic E-state index is 11.7. The molecular weight excluding hydrogens is 527 g/mol. The Kier molecular flexibility index (Phi) is 22.6. The van der Waals surface area contributed by atoms with Crippen LogP contribution in [0.4, 0.5) is 0 Å². The lowest BCUT2D eigenvalue weighted by Gasteiger charge is -2.45. The molecule has 0 saturated carbocycles. The zero-order valence-corrected chi connectivity index (χ0v) is 30.3. The number of hydrogen-bond donors (Lipinski definition) is 1. The molecule has 0 heterocycles. The first-order valence-corrected chi connectivity index (χ1v) is 18.4. The Morgan fingerprint density at radius 3 is 1.46 bits per heavy atom. The van der Waals surface area contributed by atoms with Crippen molar-refractivity contribution in [1.82, 2.24) is 24.0 Å². The van der Waals surface area contributed by atoms with Crippen molar-refractivity contribution in [3.8, 4) is 0 Å². The molecule has 0 bridgehead atoms. The van der Waals surface area contributed by atoms with Crippen LogP contribution in [0.2, 0.25) is 0 Å². The van der Waals surface area contributed by atoms with Crippen molar-refractivity contribution in [1.29, 1.82) is 0 Å². The predicted octanol–water partition coefficient (Wildman–Crippen LogP) is 7.29. The molecule has 0 saturated heterocycles. The first kappa shape index (κ1) is 40.4. The van der Waals surface area contributed by atoms with Crippen molar-refractivity contribution in [2.24, 2.45) is 0 Å². The molecule has 0 aromatic carbocycles. The first-order chi connectivity index (χ1) is 19.3. The van der Waals surface area contributed by atoms with Crippen molar-refractivity contribution in [2.75, 3.05) is 89.1 Å². The van der Waals surface area contributed by atoms with Crippen LogP contribution in [0.15, 0.2) is 12.2 Å². The van der Waals surface area contributed by atoms with E-state index in [1.165, 1.54) is 110 Å². The van der Waals surface area contributed by atoms with Crippen molar-refractivity contribution in [2.45, 2.75) is 110 Å². The lowest BCUT2D eigenvalue weighted by atomic mass is 10.1. The fourth-order valence-corrected chi connectivity index (χ4v) is 10.6. The largest absolute Gasteiger partial charge is 0.352 e. The molecule has 244 valence electrons. The number of carbonyl (C=O) groups is 1. The van der Waals surface area contributed by atoms with Gasteiger partial charge in [0.15, 0.2) is 0 Å². The van der Waals surface area contributed by atoms with E-state index in [0.717, 1.165) is 24.0 Å². The molecule has 0 rings (SSSR count). The van der Waals surface area contributed by atoms with Gasteiger partial charge in [0.2, 0.25) is 5.91 Å². The molecule has 0 atom stereocenters. The molecule has 1 amide bonds. The van der Waals surface area contributed by atoms with Gasteiger partial charge in [-0.2, -0.15) is 0 Å². The monoisotopic (exact) mass is 601 g/mol. The molecule has 0 aliphatic carbocycles. The second-order valence-electron chi connectivity index (χ2n) is 13.4. The third-order valence-electron chi connectivity index (χ3n) is 8.30. The molecular formula is C33H73N6OP+2. The number of quaternary nitrogens is 1. The van der Waals surface area contributed by atoms with E-state index < -0.39 is 7.87 Å². The average Bonchev–Trinajstić information content (AvgIpc) is 2.88. The third kappa shape index (κ3) is 16.8. The van der Waals surface area contributed by atoms with E-state index in [-0.39, 0.29) is 5.91 Å². The molecule has 8 heteroatoms. The molecule has 0 radical (unpaired) electrons. The maximum absolute atomic E-state index is 11.7. The Labute approximate surface area is 258 Å². The van der Waals surface area contributed by atoms with Crippen LogP contribution < -0.4 is 5.32 Å². The second kappa shape index (κ2) is 22.9. The first-order valence-electron chi connectivity index (χ1n) is 16.8. The van der Waals surface area contributed by atoms with E-state index >= 15 is 0 Å². The zero-order valence-electron chi connectivity index (χ0n) is 29.4. The minimum absolute atomic E-state index is 0.0261. The molecule has 1 N–H and O–H groups in total. The lowest BCUT2D eigenvalue weighted by molar-refractivity contribution is -0.890. The van der Waals surface area contributed by atoms with Gasteiger partial charge in [0.1, 0.15) is 0 Å². The third-order valence-corrected chi connectivity index (χ3v) is 12.7. The van der Waals surface area contributed by atoms with Gasteiger partial charge in [0.05, 0.1) is 27.2 Å². The number of amides is 1. The number of rotatable bonds is 27. The molecule has 0 aromatic rings. The Morgan fingerprint density at radius 2 is 1.05 bits per heavy atom. The topological polar surface area (TPSA) is 42.1 Å². The Morgan fingerprint density at radius 1 is 0.659 bits per heavy atom. The lowest BCUT2D eigenvalue weighted by Crippen LogP contribution is -2.47. The molecule has 7 nitrogen and oxygen atoms in total. The van der Waals surface area contributed by atoms with E-state index in [1.807, 2.05) is 0 Å². The smallest absolute Gasteiger partial charge is 0.307 e. The van der Waals surface area contributed by atoms with Gasteiger partial charge in [-0.15, -0.1) is 18.7 Å². The quantitative estimate of drug-likeness (QED) is 0.0464. The van der Waals surface area contributed by atoms with E-state index in [1.54, 1.807) is 6.92 Å². The summed E-state index contributed by atoms with van der Waals surface area (Å²) in [7, 11) is 16.5.